The second-order valence-corrected chi connectivity index (χ2v) is 5.63. The van der Waals surface area contributed by atoms with Gasteiger partial charge in [0.15, 0.2) is 0 Å². The SMILES string of the molecule is CSC(CO)C(C)NC(=O)C1CCC(F)(F)C1. The van der Waals surface area contributed by atoms with Crippen LogP contribution in [0.1, 0.15) is 26.2 Å². The third-order valence-corrected chi connectivity index (χ3v) is 4.35. The van der Waals surface area contributed by atoms with Crippen molar-refractivity contribution in [2.45, 2.75) is 43.4 Å². The lowest BCUT2D eigenvalue weighted by Crippen LogP contribution is -2.43. The molecule has 0 bridgehead atoms. The lowest BCUT2D eigenvalue weighted by Gasteiger charge is -2.23. The van der Waals surface area contributed by atoms with Gasteiger partial charge in [-0.2, -0.15) is 11.8 Å². The zero-order chi connectivity index (χ0) is 13.1. The fraction of sp³-hybridized carbons (Fsp3) is 0.909. The van der Waals surface area contributed by atoms with Crippen LogP contribution in [0.25, 0.3) is 0 Å². The highest BCUT2D eigenvalue weighted by atomic mass is 32.2. The molecule has 1 fully saturated rings. The van der Waals surface area contributed by atoms with Crippen molar-refractivity contribution in [2.24, 2.45) is 5.92 Å². The number of carbonyl (C=O) groups excluding carboxylic acids is 1. The van der Waals surface area contributed by atoms with Crippen LogP contribution in [0.4, 0.5) is 8.78 Å². The fourth-order valence-corrected chi connectivity index (χ4v) is 2.67. The van der Waals surface area contributed by atoms with Crippen molar-refractivity contribution in [1.29, 1.82) is 0 Å². The molecule has 17 heavy (non-hydrogen) atoms. The molecule has 0 aromatic rings. The van der Waals surface area contributed by atoms with E-state index in [0.717, 1.165) is 0 Å². The quantitative estimate of drug-likeness (QED) is 0.796. The number of alkyl halides is 2. The normalized spacial score (nSPS) is 26.5. The van der Waals surface area contributed by atoms with Crippen LogP contribution in [0.3, 0.4) is 0 Å². The van der Waals surface area contributed by atoms with E-state index >= 15 is 0 Å². The number of nitrogens with one attached hydrogen (secondary N) is 1. The summed E-state index contributed by atoms with van der Waals surface area (Å²) in [7, 11) is 0. The molecule has 0 heterocycles. The summed E-state index contributed by atoms with van der Waals surface area (Å²) in [6, 6.07) is -0.211. The largest absolute Gasteiger partial charge is 0.395 e. The zero-order valence-corrected chi connectivity index (χ0v) is 10.9. The van der Waals surface area contributed by atoms with Crippen molar-refractivity contribution in [3.05, 3.63) is 0 Å². The summed E-state index contributed by atoms with van der Waals surface area (Å²) in [6.45, 7) is 1.74. The molecule has 1 aliphatic rings. The van der Waals surface area contributed by atoms with E-state index in [2.05, 4.69) is 5.32 Å². The van der Waals surface area contributed by atoms with Gasteiger partial charge in [-0.05, 0) is 19.6 Å². The molecule has 1 aliphatic carbocycles. The summed E-state index contributed by atoms with van der Waals surface area (Å²) in [5, 5.41) is 11.7. The number of aliphatic hydroxyl groups is 1. The van der Waals surface area contributed by atoms with Crippen LogP contribution in [-0.4, -0.2) is 41.1 Å². The second-order valence-electron chi connectivity index (χ2n) is 4.55. The number of rotatable bonds is 5. The van der Waals surface area contributed by atoms with Crippen molar-refractivity contribution in [3.63, 3.8) is 0 Å². The monoisotopic (exact) mass is 267 g/mol. The Morgan fingerprint density at radius 3 is 2.71 bits per heavy atom. The fourth-order valence-electron chi connectivity index (χ4n) is 2.05. The van der Waals surface area contributed by atoms with Gasteiger partial charge in [-0.1, -0.05) is 0 Å². The van der Waals surface area contributed by atoms with E-state index in [1.165, 1.54) is 11.8 Å². The lowest BCUT2D eigenvalue weighted by molar-refractivity contribution is -0.126. The molecule has 1 saturated carbocycles. The number of aliphatic hydroxyl groups excluding tert-OH is 1. The summed E-state index contributed by atoms with van der Waals surface area (Å²) in [6.07, 6.45) is 1.53. The van der Waals surface area contributed by atoms with Gasteiger partial charge in [-0.25, -0.2) is 8.78 Å². The predicted octanol–water partition coefficient (Wildman–Crippen LogP) is 1.65. The first-order valence-electron chi connectivity index (χ1n) is 5.71. The molecule has 6 heteroatoms. The highest BCUT2D eigenvalue weighted by Gasteiger charge is 2.42. The van der Waals surface area contributed by atoms with Crippen LogP contribution in [0.15, 0.2) is 0 Å². The van der Waals surface area contributed by atoms with Crippen LogP contribution < -0.4 is 5.32 Å². The van der Waals surface area contributed by atoms with Crippen molar-refractivity contribution in [1.82, 2.24) is 5.32 Å². The third kappa shape index (κ3) is 4.10. The minimum absolute atomic E-state index is 0.0383. The molecule has 1 amide bonds. The Balaban J connectivity index is 2.44. The Kier molecular flexibility index (Phi) is 5.19. The van der Waals surface area contributed by atoms with Gasteiger partial charge in [0.1, 0.15) is 0 Å². The molecule has 3 unspecified atom stereocenters. The molecular formula is C11H19F2NO2S. The first-order valence-corrected chi connectivity index (χ1v) is 7.00. The maximum atomic E-state index is 13.0. The van der Waals surface area contributed by atoms with E-state index in [1.807, 2.05) is 6.26 Å². The molecule has 0 aromatic heterocycles. The van der Waals surface area contributed by atoms with Gasteiger partial charge in [-0.15, -0.1) is 0 Å². The lowest BCUT2D eigenvalue weighted by atomic mass is 10.1. The standard InChI is InChI=1S/C11H19F2NO2S/c1-7(9(6-15)17-2)14-10(16)8-3-4-11(12,13)5-8/h7-9,15H,3-6H2,1-2H3,(H,14,16). The van der Waals surface area contributed by atoms with Crippen molar-refractivity contribution in [2.75, 3.05) is 12.9 Å². The molecular weight excluding hydrogens is 248 g/mol. The average Bonchev–Trinajstić information content (AvgIpc) is 2.60. The minimum atomic E-state index is -2.69. The van der Waals surface area contributed by atoms with Gasteiger partial charge >= 0.3 is 0 Å². The van der Waals surface area contributed by atoms with Crippen LogP contribution in [0.5, 0.6) is 0 Å². The van der Waals surface area contributed by atoms with Gasteiger partial charge in [-0.3, -0.25) is 4.79 Å². The Hall–Kier alpha value is -0.360. The molecule has 100 valence electrons. The van der Waals surface area contributed by atoms with Crippen molar-refractivity contribution < 1.29 is 18.7 Å². The molecule has 0 aliphatic heterocycles. The van der Waals surface area contributed by atoms with E-state index < -0.39 is 11.8 Å². The van der Waals surface area contributed by atoms with Gasteiger partial charge < -0.3 is 10.4 Å². The van der Waals surface area contributed by atoms with Crippen LogP contribution in [0, 0.1) is 5.92 Å². The molecule has 0 saturated heterocycles. The van der Waals surface area contributed by atoms with Crippen molar-refractivity contribution >= 4 is 17.7 Å². The molecule has 3 nitrogen and oxygen atoms in total. The highest BCUT2D eigenvalue weighted by Crippen LogP contribution is 2.38. The molecule has 3 atom stereocenters. The average molecular weight is 267 g/mol. The van der Waals surface area contributed by atoms with E-state index in [4.69, 9.17) is 5.11 Å². The number of halogens is 2. The number of hydrogen-bond donors (Lipinski definition) is 2. The molecule has 0 spiro atoms. The van der Waals surface area contributed by atoms with Crippen LogP contribution in [0.2, 0.25) is 0 Å². The Morgan fingerprint density at radius 2 is 2.29 bits per heavy atom. The number of hydrogen-bond acceptors (Lipinski definition) is 3. The van der Waals surface area contributed by atoms with Crippen LogP contribution >= 0.6 is 11.8 Å². The van der Waals surface area contributed by atoms with E-state index in [-0.39, 0.29) is 43.1 Å². The van der Waals surface area contributed by atoms with Gasteiger partial charge in [0.2, 0.25) is 11.8 Å². The minimum Gasteiger partial charge on any atom is -0.395 e. The predicted molar refractivity (Wildman–Crippen MR) is 64.3 cm³/mol. The molecule has 0 aromatic carbocycles. The maximum Gasteiger partial charge on any atom is 0.248 e. The highest BCUT2D eigenvalue weighted by molar-refractivity contribution is 7.99. The third-order valence-electron chi connectivity index (χ3n) is 3.18. The van der Waals surface area contributed by atoms with E-state index in [9.17, 15) is 13.6 Å². The topological polar surface area (TPSA) is 49.3 Å². The maximum absolute atomic E-state index is 13.0. The number of amides is 1. The Morgan fingerprint density at radius 1 is 1.65 bits per heavy atom. The first-order chi connectivity index (χ1) is 7.89. The van der Waals surface area contributed by atoms with Gasteiger partial charge in [0.25, 0.3) is 0 Å². The zero-order valence-electron chi connectivity index (χ0n) is 10.1. The summed E-state index contributed by atoms with van der Waals surface area (Å²) < 4.78 is 25.9. The summed E-state index contributed by atoms with van der Waals surface area (Å²) >= 11 is 1.45. The summed E-state index contributed by atoms with van der Waals surface area (Å²) in [4.78, 5) is 11.7. The second kappa shape index (κ2) is 6.00. The van der Waals surface area contributed by atoms with E-state index in [0.29, 0.717) is 0 Å². The Labute approximate surface area is 104 Å². The number of carbonyl (C=O) groups is 1. The number of thioether (sulfide) groups is 1. The summed E-state index contributed by atoms with van der Waals surface area (Å²) in [5.74, 6) is -3.60. The Bertz CT molecular complexity index is 272. The van der Waals surface area contributed by atoms with Crippen LogP contribution in [-0.2, 0) is 4.79 Å². The molecule has 2 N–H and O–H groups in total. The smallest absolute Gasteiger partial charge is 0.248 e. The van der Waals surface area contributed by atoms with E-state index in [1.54, 1.807) is 6.92 Å². The van der Waals surface area contributed by atoms with Gasteiger partial charge in [0.05, 0.1) is 6.61 Å². The molecule has 0 radical (unpaired) electrons. The van der Waals surface area contributed by atoms with Gasteiger partial charge in [0, 0.05) is 30.1 Å². The first kappa shape index (κ1) is 14.7. The summed E-state index contributed by atoms with van der Waals surface area (Å²) in [5.41, 5.74) is 0. The van der Waals surface area contributed by atoms with Crippen molar-refractivity contribution in [3.8, 4) is 0 Å². The molecule has 1 rings (SSSR count).